The molecule has 9 nitrogen and oxygen atoms in total. The van der Waals surface area contributed by atoms with Crippen molar-refractivity contribution in [1.29, 1.82) is 5.39 Å². The van der Waals surface area contributed by atoms with Crippen LogP contribution in [0.3, 0.4) is 0 Å². The third-order valence-corrected chi connectivity index (χ3v) is 3.73. The van der Waals surface area contributed by atoms with Gasteiger partial charge >= 0.3 is 17.5 Å². The van der Waals surface area contributed by atoms with Crippen LogP contribution in [-0.4, -0.2) is 27.4 Å². The Hall–Kier alpha value is -3.19. The Labute approximate surface area is 150 Å². The first-order valence-corrected chi connectivity index (χ1v) is 7.84. The van der Waals surface area contributed by atoms with Gasteiger partial charge in [0.2, 0.25) is 5.39 Å². The minimum absolute atomic E-state index is 0.0348. The average molecular weight is 407 g/mol. The minimum atomic E-state index is -0.979. The number of halogens is 1. The quantitative estimate of drug-likeness (QED) is 0.446. The van der Waals surface area contributed by atoms with E-state index in [1.165, 1.54) is 6.20 Å². The predicted octanol–water partition coefficient (Wildman–Crippen LogP) is 2.55. The van der Waals surface area contributed by atoms with Crippen molar-refractivity contribution in [2.75, 3.05) is 11.9 Å². The lowest BCUT2D eigenvalue weighted by Crippen LogP contribution is -2.24. The second-order valence-corrected chi connectivity index (χ2v) is 5.36. The van der Waals surface area contributed by atoms with Gasteiger partial charge < -0.3 is 15.2 Å². The van der Waals surface area contributed by atoms with Gasteiger partial charge in [0.1, 0.15) is 4.47 Å². The minimum Gasteiger partial charge on any atom is -0.475 e. The van der Waals surface area contributed by atoms with Gasteiger partial charge in [-0.05, 0) is 35.0 Å². The summed E-state index contributed by atoms with van der Waals surface area (Å²) in [7, 11) is 0. The number of aliphatic hydroxyl groups excluding tert-OH is 1. The predicted molar refractivity (Wildman–Crippen MR) is 92.5 cm³/mol. The van der Waals surface area contributed by atoms with E-state index in [0.29, 0.717) is 5.69 Å². The number of carbonyl (C=O) groups is 1. The summed E-state index contributed by atoms with van der Waals surface area (Å²) in [6, 6.07) is 8.71. The summed E-state index contributed by atoms with van der Waals surface area (Å²) in [6.45, 7) is 1.64. The molecule has 0 fully saturated rings. The van der Waals surface area contributed by atoms with Crippen LogP contribution in [0.4, 0.5) is 5.69 Å². The molecule has 0 aliphatic heterocycles. The highest BCUT2D eigenvalue weighted by Crippen LogP contribution is 2.19. The fourth-order valence-electron chi connectivity index (χ4n) is 1.84. The normalized spacial score (nSPS) is 11.2. The van der Waals surface area contributed by atoms with E-state index in [4.69, 9.17) is 10.1 Å². The molecule has 1 heterocycles. The molecule has 10 heteroatoms. The number of nitrogens with zero attached hydrogens (tertiary/aromatic N) is 4. The van der Waals surface area contributed by atoms with Crippen LogP contribution in [0, 0.1) is 5.39 Å². The van der Waals surface area contributed by atoms with Gasteiger partial charge in [-0.2, -0.15) is 9.78 Å². The number of hydrogen-bond acceptors (Lipinski definition) is 6. The zero-order valence-electron chi connectivity index (χ0n) is 13.0. The second-order valence-electron chi connectivity index (χ2n) is 4.57. The third-order valence-electron chi connectivity index (χ3n) is 2.97. The number of aromatic nitrogens is 2. The summed E-state index contributed by atoms with van der Waals surface area (Å²) < 4.78 is 5.89. The molecule has 25 heavy (non-hydrogen) atoms. The maximum Gasteiger partial charge on any atom is 0.527 e. The van der Waals surface area contributed by atoms with E-state index in [0.717, 1.165) is 4.68 Å². The molecule has 2 N–H and O–H groups in total. The Morgan fingerprint density at radius 1 is 1.44 bits per heavy atom. The highest BCUT2D eigenvalue weighted by molar-refractivity contribution is 9.10. The zero-order valence-corrected chi connectivity index (χ0v) is 14.6. The fraction of sp³-hybridized carbons (Fsp3) is 0.133. The second kappa shape index (κ2) is 8.07. The van der Waals surface area contributed by atoms with Gasteiger partial charge in [-0.25, -0.2) is 0 Å². The molecule has 2 rings (SSSR count). The van der Waals surface area contributed by atoms with Crippen molar-refractivity contribution in [1.82, 2.24) is 9.78 Å². The van der Waals surface area contributed by atoms with Gasteiger partial charge in [-0.1, -0.05) is 18.2 Å². The Kier molecular flexibility index (Phi) is 5.86. The Balaban J connectivity index is 2.35. The van der Waals surface area contributed by atoms with Crippen LogP contribution in [-0.2, 0) is 9.53 Å². The number of ether oxygens (including phenoxy) is 1. The van der Waals surface area contributed by atoms with Crippen LogP contribution in [0.5, 0.6) is 0 Å². The van der Waals surface area contributed by atoms with Crippen LogP contribution >= 0.6 is 15.9 Å². The first-order valence-electron chi connectivity index (χ1n) is 7.05. The van der Waals surface area contributed by atoms with E-state index < -0.39 is 23.1 Å². The molecule has 0 saturated heterocycles. The molecule has 1 aromatic carbocycles. The topological polar surface area (TPSA) is 122 Å². The molecule has 1 amide bonds. The third kappa shape index (κ3) is 4.02. The van der Waals surface area contributed by atoms with Crippen LogP contribution in [0.1, 0.15) is 6.92 Å². The van der Waals surface area contributed by atoms with Gasteiger partial charge in [-0.15, -0.1) is 0 Å². The number of carbonyl (C=O) groups excluding carboxylic acids is 1. The first kappa shape index (κ1) is 18.2. The van der Waals surface area contributed by atoms with E-state index in [-0.39, 0.29) is 16.8 Å². The molecule has 0 aliphatic carbocycles. The summed E-state index contributed by atoms with van der Waals surface area (Å²) in [6.07, 6.45) is 1.24. The monoisotopic (exact) mass is 406 g/mol. The van der Waals surface area contributed by atoms with Crippen LogP contribution in [0.25, 0.3) is 10.7 Å². The fourth-order valence-corrected chi connectivity index (χ4v) is 2.21. The average Bonchev–Trinajstić information content (AvgIpc) is 2.61. The van der Waals surface area contributed by atoms with E-state index in [2.05, 4.69) is 31.3 Å². The molecule has 0 radical (unpaired) electrons. The number of aliphatic hydroxyl groups is 1. The number of para-hydroxylation sites is 1. The highest BCUT2D eigenvalue weighted by Gasteiger charge is 2.31. The number of amides is 1. The number of rotatable bonds is 5. The van der Waals surface area contributed by atoms with Crippen LogP contribution in [0.15, 0.2) is 57.4 Å². The molecular weight excluding hydrogens is 394 g/mol. The summed E-state index contributed by atoms with van der Waals surface area (Å²) in [5.74, 6) is -1.82. The number of hydrogen-bond donors (Lipinski definition) is 2. The van der Waals surface area contributed by atoms with Crippen molar-refractivity contribution in [2.45, 2.75) is 6.92 Å². The van der Waals surface area contributed by atoms with E-state index in [9.17, 15) is 14.7 Å². The maximum atomic E-state index is 12.4. The molecule has 0 saturated carbocycles. The van der Waals surface area contributed by atoms with Crippen molar-refractivity contribution in [3.8, 4) is 5.69 Å². The summed E-state index contributed by atoms with van der Waals surface area (Å²) in [5.41, 5.74) is -0.663. The summed E-state index contributed by atoms with van der Waals surface area (Å²) in [4.78, 5) is 27.1. The Bertz CT molecular complexity index is 918. The number of diazo groups is 1. The first-order chi connectivity index (χ1) is 12.0. The molecule has 0 bridgehead atoms. The van der Waals surface area contributed by atoms with Crippen molar-refractivity contribution in [3.05, 3.63) is 68.0 Å². The largest absolute Gasteiger partial charge is 0.527 e. The van der Waals surface area contributed by atoms with E-state index >= 15 is 0 Å². The summed E-state index contributed by atoms with van der Waals surface area (Å²) >= 11 is 3.10. The highest BCUT2D eigenvalue weighted by atomic mass is 79.9. The number of benzene rings is 1. The number of nitrogens with one attached hydrogen (secondary N) is 1. The van der Waals surface area contributed by atoms with Gasteiger partial charge in [0.15, 0.2) is 4.98 Å². The van der Waals surface area contributed by atoms with Gasteiger partial charge in [0.25, 0.3) is 5.56 Å². The lowest BCUT2D eigenvalue weighted by atomic mass is 10.3. The van der Waals surface area contributed by atoms with Crippen LogP contribution < -0.4 is 10.9 Å². The van der Waals surface area contributed by atoms with Crippen molar-refractivity contribution >= 4 is 27.5 Å². The maximum absolute atomic E-state index is 12.4. The van der Waals surface area contributed by atoms with Crippen molar-refractivity contribution < 1.29 is 14.6 Å². The van der Waals surface area contributed by atoms with E-state index in [1.54, 1.807) is 37.3 Å². The van der Waals surface area contributed by atoms with Crippen molar-refractivity contribution in [2.24, 2.45) is 0 Å². The standard InChI is InChI=1S/C15H12BrN5O4/c1-2-25-15(24)12(20-17)13(22)19-10-8-18-21(14(23)11(10)16)9-6-4-3-5-7-9/h3-8H,2H2,1H3,(H-,19,22,23,24)/p+1. The van der Waals surface area contributed by atoms with Gasteiger partial charge in [0, 0.05) is 0 Å². The smallest absolute Gasteiger partial charge is 0.475 e. The number of anilines is 1. The van der Waals surface area contributed by atoms with Gasteiger partial charge in [0.05, 0.1) is 24.2 Å². The van der Waals surface area contributed by atoms with Gasteiger partial charge in [-0.3, -0.25) is 9.59 Å². The molecule has 0 spiro atoms. The molecule has 0 unspecified atom stereocenters. The molecular formula is C15H13BrN5O4+. The molecule has 128 valence electrons. The molecule has 0 atom stereocenters. The van der Waals surface area contributed by atoms with E-state index in [1.807, 2.05) is 0 Å². The van der Waals surface area contributed by atoms with Crippen LogP contribution in [0.2, 0.25) is 0 Å². The molecule has 1 aromatic heterocycles. The molecule has 2 aromatic rings. The zero-order chi connectivity index (χ0) is 18.4. The molecule has 0 aliphatic rings. The Morgan fingerprint density at radius 2 is 2.12 bits per heavy atom. The SMILES string of the molecule is CCO/C(O)=C(/[N+]#N)C(=O)Nc1cnn(-c2ccccc2)c(=O)c1Br. The Morgan fingerprint density at radius 3 is 2.72 bits per heavy atom. The van der Waals surface area contributed by atoms with Crippen molar-refractivity contribution in [3.63, 3.8) is 0 Å². The summed E-state index contributed by atoms with van der Waals surface area (Å²) in [5, 5.41) is 24.7. The lowest BCUT2D eigenvalue weighted by molar-refractivity contribution is -0.113. The lowest BCUT2D eigenvalue weighted by Gasteiger charge is -2.08.